The molecule has 1 fully saturated rings. The summed E-state index contributed by atoms with van der Waals surface area (Å²) < 4.78 is 5.27. The summed E-state index contributed by atoms with van der Waals surface area (Å²) >= 11 is 0. The molecule has 2 aromatic carbocycles. The molecule has 0 spiro atoms. The molecule has 2 heterocycles. The van der Waals surface area contributed by atoms with Gasteiger partial charge in [0, 0.05) is 12.1 Å². The molecule has 2 aliphatic rings. The largest absolute Gasteiger partial charge is 0.443 e. The zero-order valence-corrected chi connectivity index (χ0v) is 18.5. The summed E-state index contributed by atoms with van der Waals surface area (Å²) in [5.41, 5.74) is 0.433. The molecule has 0 bridgehead atoms. The first-order chi connectivity index (χ1) is 15.0. The fourth-order valence-electron chi connectivity index (χ4n) is 4.09. The molecule has 5 amide bonds. The van der Waals surface area contributed by atoms with Crippen LogP contribution >= 0.6 is 0 Å². The van der Waals surface area contributed by atoms with Gasteiger partial charge in [-0.15, -0.1) is 0 Å². The van der Waals surface area contributed by atoms with Crippen LogP contribution in [0.4, 0.5) is 9.59 Å². The smallest absolute Gasteiger partial charge is 0.425 e. The van der Waals surface area contributed by atoms with E-state index < -0.39 is 29.2 Å². The van der Waals surface area contributed by atoms with Crippen molar-refractivity contribution in [2.45, 2.75) is 45.4 Å². The van der Waals surface area contributed by atoms with E-state index in [0.29, 0.717) is 22.6 Å². The van der Waals surface area contributed by atoms with Gasteiger partial charge in [0.2, 0.25) is 0 Å². The zero-order chi connectivity index (χ0) is 23.3. The van der Waals surface area contributed by atoms with Crippen molar-refractivity contribution in [2.75, 3.05) is 6.54 Å². The number of hydrogen-bond acceptors (Lipinski definition) is 5. The lowest BCUT2D eigenvalue weighted by molar-refractivity contribution is -0.131. The van der Waals surface area contributed by atoms with Crippen molar-refractivity contribution >= 4 is 23.9 Å². The van der Waals surface area contributed by atoms with E-state index in [9.17, 15) is 19.2 Å². The predicted octanol–water partition coefficient (Wildman–Crippen LogP) is 3.33. The Bertz CT molecular complexity index is 1120. The molecule has 1 atom stereocenters. The number of carbonyl (C=O) groups excluding carboxylic acids is 4. The molecule has 32 heavy (non-hydrogen) atoms. The maximum atomic E-state index is 13.6. The average molecular weight is 435 g/mol. The molecule has 0 saturated carbocycles. The second-order valence-electron chi connectivity index (χ2n) is 9.14. The number of nitrogens with one attached hydrogen (secondary N) is 1. The van der Waals surface area contributed by atoms with E-state index in [1.54, 1.807) is 57.2 Å². The van der Waals surface area contributed by atoms with Crippen LogP contribution in [0.2, 0.25) is 0 Å². The fraction of sp³-hybridized carbons (Fsp3) is 0.333. The van der Waals surface area contributed by atoms with Crippen molar-refractivity contribution in [1.82, 2.24) is 15.1 Å². The van der Waals surface area contributed by atoms with Gasteiger partial charge < -0.3 is 15.0 Å². The van der Waals surface area contributed by atoms with E-state index in [4.69, 9.17) is 4.74 Å². The van der Waals surface area contributed by atoms with Crippen molar-refractivity contribution in [3.05, 3.63) is 70.8 Å². The van der Waals surface area contributed by atoms with Crippen molar-refractivity contribution in [3.63, 3.8) is 0 Å². The second-order valence-corrected chi connectivity index (χ2v) is 9.14. The van der Waals surface area contributed by atoms with Crippen LogP contribution in [0.1, 0.15) is 47.8 Å². The molecule has 0 aliphatic carbocycles. The predicted molar refractivity (Wildman–Crippen MR) is 116 cm³/mol. The fourth-order valence-corrected chi connectivity index (χ4v) is 4.09. The van der Waals surface area contributed by atoms with Crippen molar-refractivity contribution < 1.29 is 23.9 Å². The summed E-state index contributed by atoms with van der Waals surface area (Å²) in [7, 11) is 0. The Labute approximate surface area is 186 Å². The Hall–Kier alpha value is -3.68. The highest BCUT2D eigenvalue weighted by atomic mass is 16.6. The van der Waals surface area contributed by atoms with Crippen LogP contribution < -0.4 is 5.32 Å². The normalized spacial score (nSPS) is 20.4. The number of rotatable bonds is 3. The third kappa shape index (κ3) is 3.62. The monoisotopic (exact) mass is 435 g/mol. The molecule has 2 aromatic rings. The Morgan fingerprint density at radius 1 is 1.09 bits per heavy atom. The molecule has 0 radical (unpaired) electrons. The summed E-state index contributed by atoms with van der Waals surface area (Å²) in [5.74, 6) is -1.00. The van der Waals surface area contributed by atoms with Gasteiger partial charge in [0.1, 0.15) is 5.60 Å². The molecule has 2 aliphatic heterocycles. The van der Waals surface area contributed by atoms with E-state index in [-0.39, 0.29) is 12.5 Å². The van der Waals surface area contributed by atoms with Gasteiger partial charge in [0.25, 0.3) is 11.8 Å². The van der Waals surface area contributed by atoms with Crippen LogP contribution in [0, 0.1) is 6.92 Å². The molecule has 4 rings (SSSR count). The van der Waals surface area contributed by atoms with Gasteiger partial charge >= 0.3 is 12.1 Å². The van der Waals surface area contributed by atoms with Crippen LogP contribution in [-0.2, 0) is 21.6 Å². The average Bonchev–Trinajstić information content (AvgIpc) is 3.14. The summed E-state index contributed by atoms with van der Waals surface area (Å²) in [5, 5.41) is 2.68. The number of hydrogen-bond donors (Lipinski definition) is 1. The number of urea groups is 1. The number of aryl methyl sites for hydroxylation is 1. The highest BCUT2D eigenvalue weighted by Crippen LogP contribution is 2.34. The number of ether oxygens (including phenoxy) is 1. The van der Waals surface area contributed by atoms with Gasteiger partial charge in [0.05, 0.1) is 6.54 Å². The minimum absolute atomic E-state index is 0.118. The van der Waals surface area contributed by atoms with Crippen molar-refractivity contribution in [3.8, 4) is 0 Å². The molecule has 0 aromatic heterocycles. The minimum atomic E-state index is -1.61. The standard InChI is InChI=1S/C24H25N3O5/c1-15-10-11-18-16(12-15)13-26(19(18)28)14-24(17-8-6-5-7-9-17)20(29)27(21(30)25-24)22(31)32-23(2,3)4/h5-12H,13-14H2,1-4H3,(H,25,30)/t24-/m1/s1. The Morgan fingerprint density at radius 2 is 1.78 bits per heavy atom. The van der Waals surface area contributed by atoms with Crippen LogP contribution in [0.15, 0.2) is 48.5 Å². The SMILES string of the molecule is Cc1ccc2c(c1)CN(C[C@]1(c3ccccc3)NC(=O)N(C(=O)OC(C)(C)C)C1=O)C2=O. The third-order valence-electron chi connectivity index (χ3n) is 5.50. The number of fused-ring (bicyclic) bond motifs is 1. The van der Waals surface area contributed by atoms with Gasteiger partial charge in [-0.3, -0.25) is 9.59 Å². The third-order valence-corrected chi connectivity index (χ3v) is 5.50. The minimum Gasteiger partial charge on any atom is -0.443 e. The summed E-state index contributed by atoms with van der Waals surface area (Å²) in [6.45, 7) is 7.08. The number of amides is 5. The zero-order valence-electron chi connectivity index (χ0n) is 18.5. The first-order valence-corrected chi connectivity index (χ1v) is 10.4. The number of imide groups is 3. The quantitative estimate of drug-likeness (QED) is 0.746. The molecule has 0 unspecified atom stereocenters. The number of benzene rings is 2. The maximum absolute atomic E-state index is 13.6. The van der Waals surface area contributed by atoms with Crippen LogP contribution in [0.25, 0.3) is 0 Å². The van der Waals surface area contributed by atoms with Gasteiger partial charge in [-0.1, -0.05) is 48.0 Å². The molecule has 1 saturated heterocycles. The highest BCUT2D eigenvalue weighted by molar-refractivity contribution is 6.17. The van der Waals surface area contributed by atoms with E-state index in [1.165, 1.54) is 4.90 Å². The Kier molecular flexibility index (Phi) is 5.03. The van der Waals surface area contributed by atoms with Gasteiger partial charge in [-0.2, -0.15) is 4.90 Å². The van der Waals surface area contributed by atoms with E-state index >= 15 is 0 Å². The topological polar surface area (TPSA) is 96.0 Å². The molecule has 8 nitrogen and oxygen atoms in total. The van der Waals surface area contributed by atoms with Gasteiger partial charge in [-0.05, 0) is 44.9 Å². The van der Waals surface area contributed by atoms with Gasteiger partial charge in [-0.25, -0.2) is 9.59 Å². The van der Waals surface area contributed by atoms with Crippen molar-refractivity contribution in [2.24, 2.45) is 0 Å². The Morgan fingerprint density at radius 3 is 2.44 bits per heavy atom. The highest BCUT2D eigenvalue weighted by Gasteiger charge is 2.57. The van der Waals surface area contributed by atoms with Gasteiger partial charge in [0.15, 0.2) is 5.54 Å². The second kappa shape index (κ2) is 7.47. The van der Waals surface area contributed by atoms with E-state index in [1.807, 2.05) is 19.1 Å². The van der Waals surface area contributed by atoms with Crippen LogP contribution in [0.3, 0.4) is 0 Å². The lowest BCUT2D eigenvalue weighted by Gasteiger charge is -2.31. The number of nitrogens with zero attached hydrogens (tertiary/aromatic N) is 2. The molecule has 1 N–H and O–H groups in total. The van der Waals surface area contributed by atoms with Crippen LogP contribution in [-0.4, -0.2) is 45.9 Å². The number of carbonyl (C=O) groups is 4. The summed E-state index contributed by atoms with van der Waals surface area (Å²) in [6.07, 6.45) is -1.05. The van der Waals surface area contributed by atoms with E-state index in [2.05, 4.69) is 5.32 Å². The first kappa shape index (κ1) is 21.5. The summed E-state index contributed by atoms with van der Waals surface area (Å²) in [6, 6.07) is 13.3. The first-order valence-electron chi connectivity index (χ1n) is 10.4. The van der Waals surface area contributed by atoms with E-state index in [0.717, 1.165) is 11.1 Å². The van der Waals surface area contributed by atoms with Crippen LogP contribution in [0.5, 0.6) is 0 Å². The molecular weight excluding hydrogens is 410 g/mol. The lowest BCUT2D eigenvalue weighted by atomic mass is 9.89. The molecular formula is C24H25N3O5. The van der Waals surface area contributed by atoms with Crippen molar-refractivity contribution in [1.29, 1.82) is 0 Å². The Balaban J connectivity index is 1.71. The summed E-state index contributed by atoms with van der Waals surface area (Å²) in [4.78, 5) is 54.1. The molecule has 8 heteroatoms. The maximum Gasteiger partial charge on any atom is 0.425 e. The lowest BCUT2D eigenvalue weighted by Crippen LogP contribution is -2.53. The molecule has 166 valence electrons.